The van der Waals surface area contributed by atoms with Crippen molar-refractivity contribution in [3.05, 3.63) is 113 Å². The normalized spacial score (nSPS) is 14.6. The second kappa shape index (κ2) is 14.8. The van der Waals surface area contributed by atoms with Crippen LogP contribution in [-0.4, -0.2) is 40.6 Å². The van der Waals surface area contributed by atoms with Gasteiger partial charge in [0.25, 0.3) is 5.95 Å². The van der Waals surface area contributed by atoms with E-state index in [1.807, 2.05) is 44.2 Å². The summed E-state index contributed by atoms with van der Waals surface area (Å²) in [6, 6.07) is 18.0. The summed E-state index contributed by atoms with van der Waals surface area (Å²) in [5, 5.41) is 6.41. The highest BCUT2D eigenvalue weighted by atomic mass is 16.7. The van der Waals surface area contributed by atoms with Crippen LogP contribution in [0.4, 0.5) is 17.1 Å². The van der Waals surface area contributed by atoms with Crippen LogP contribution >= 0.6 is 0 Å². The summed E-state index contributed by atoms with van der Waals surface area (Å²) >= 11 is 0. The van der Waals surface area contributed by atoms with Crippen LogP contribution in [0.3, 0.4) is 0 Å². The molecule has 4 rings (SSSR count). The van der Waals surface area contributed by atoms with Crippen molar-refractivity contribution >= 4 is 30.2 Å². The van der Waals surface area contributed by atoms with Gasteiger partial charge in [0, 0.05) is 42.7 Å². The van der Waals surface area contributed by atoms with Crippen LogP contribution in [0.5, 0.6) is 11.5 Å². The molecule has 9 nitrogen and oxygen atoms in total. The fourth-order valence-electron chi connectivity index (χ4n) is 5.11. The molecule has 1 aliphatic rings. The zero-order valence-corrected chi connectivity index (χ0v) is 26.0. The third kappa shape index (κ3) is 7.60. The Morgan fingerprint density at radius 1 is 1.09 bits per heavy atom. The first kappa shape index (κ1) is 31.7. The number of ether oxygens (including phenoxy) is 4. The van der Waals surface area contributed by atoms with E-state index in [4.69, 9.17) is 18.9 Å². The molecule has 0 spiro atoms. The van der Waals surface area contributed by atoms with Gasteiger partial charge in [0.05, 0.1) is 19.9 Å². The highest BCUT2D eigenvalue weighted by molar-refractivity contribution is 5.72. The zero-order chi connectivity index (χ0) is 31.6. The van der Waals surface area contributed by atoms with Crippen molar-refractivity contribution in [1.29, 1.82) is 0 Å². The van der Waals surface area contributed by atoms with Crippen LogP contribution in [0.25, 0.3) is 0 Å². The molecule has 44 heavy (non-hydrogen) atoms. The lowest BCUT2D eigenvalue weighted by Crippen LogP contribution is -2.35. The summed E-state index contributed by atoms with van der Waals surface area (Å²) in [7, 11) is 5.25. The Balaban J connectivity index is 1.51. The number of amides is 1. The lowest BCUT2D eigenvalue weighted by molar-refractivity contribution is -0.105. The number of nitrogens with zero attached hydrogens (tertiary/aromatic N) is 2. The smallest absolute Gasteiger partial charge is 0.279 e. The van der Waals surface area contributed by atoms with Gasteiger partial charge in [0.2, 0.25) is 6.41 Å². The molecule has 3 aromatic rings. The van der Waals surface area contributed by atoms with Crippen LogP contribution < -0.4 is 25.0 Å². The quantitative estimate of drug-likeness (QED) is 0.0868. The van der Waals surface area contributed by atoms with Crippen LogP contribution in [-0.2, 0) is 33.9 Å². The number of hydrogen-bond acceptors (Lipinski definition) is 8. The van der Waals surface area contributed by atoms with Crippen molar-refractivity contribution < 1.29 is 23.7 Å². The predicted octanol–water partition coefficient (Wildman–Crippen LogP) is 6.75. The van der Waals surface area contributed by atoms with Crippen LogP contribution in [0, 0.1) is 6.92 Å². The molecule has 0 unspecified atom stereocenters. The number of nitrogens with one attached hydrogen (secondary N) is 2. The van der Waals surface area contributed by atoms with E-state index in [0.717, 1.165) is 34.4 Å². The minimum Gasteiger partial charge on any atom is -0.493 e. The Labute approximate surface area is 259 Å². The molecule has 9 heteroatoms. The highest BCUT2D eigenvalue weighted by Gasteiger charge is 2.26. The summed E-state index contributed by atoms with van der Waals surface area (Å²) < 4.78 is 23.3. The number of para-hydroxylation sites is 1. The monoisotopic (exact) mass is 596 g/mol. The molecular weight excluding hydrogens is 556 g/mol. The van der Waals surface area contributed by atoms with Crippen LogP contribution in [0.1, 0.15) is 29.2 Å². The maximum absolute atomic E-state index is 11.3. The lowest BCUT2D eigenvalue weighted by atomic mass is 10.1. The molecule has 1 aliphatic heterocycles. The Bertz CT molecular complexity index is 1570. The van der Waals surface area contributed by atoms with Crippen molar-refractivity contribution in [2.24, 2.45) is 4.99 Å². The van der Waals surface area contributed by atoms with Gasteiger partial charge < -0.3 is 34.5 Å². The van der Waals surface area contributed by atoms with E-state index in [0.29, 0.717) is 35.2 Å². The molecule has 1 amide bonds. The second-order valence-corrected chi connectivity index (χ2v) is 10.4. The average molecular weight is 597 g/mol. The Hall–Kier alpha value is -5.18. The van der Waals surface area contributed by atoms with Gasteiger partial charge in [-0.2, -0.15) is 0 Å². The zero-order valence-electron chi connectivity index (χ0n) is 26.0. The number of aliphatic imine (C=N–C) groups is 1. The third-order valence-electron chi connectivity index (χ3n) is 7.44. The Morgan fingerprint density at radius 2 is 1.84 bits per heavy atom. The molecule has 0 radical (unpaired) electrons. The van der Waals surface area contributed by atoms with E-state index in [-0.39, 0.29) is 19.4 Å². The topological polar surface area (TPSA) is 93.7 Å². The van der Waals surface area contributed by atoms with Crippen molar-refractivity contribution in [3.63, 3.8) is 0 Å². The number of likely N-dealkylation sites (N-methyl/N-ethyl adjacent to an activating group) is 1. The van der Waals surface area contributed by atoms with E-state index in [2.05, 4.69) is 65.1 Å². The molecule has 1 atom stereocenters. The molecule has 0 saturated carbocycles. The minimum absolute atomic E-state index is 0.114. The first-order valence-electron chi connectivity index (χ1n) is 14.2. The van der Waals surface area contributed by atoms with E-state index < -0.39 is 0 Å². The highest BCUT2D eigenvalue weighted by Crippen LogP contribution is 2.37. The largest absolute Gasteiger partial charge is 0.493 e. The summed E-state index contributed by atoms with van der Waals surface area (Å²) in [6.07, 6.45) is 4.98. The number of fused-ring (bicyclic) bond motifs is 1. The Morgan fingerprint density at radius 3 is 2.50 bits per heavy atom. The molecule has 0 bridgehead atoms. The second-order valence-electron chi connectivity index (χ2n) is 10.4. The molecule has 0 fully saturated rings. The Kier molecular flexibility index (Phi) is 10.7. The van der Waals surface area contributed by atoms with Crippen molar-refractivity contribution in [2.45, 2.75) is 39.6 Å². The van der Waals surface area contributed by atoms with Crippen molar-refractivity contribution in [3.8, 4) is 11.5 Å². The number of allylic oxidation sites excluding steroid dienone is 3. The van der Waals surface area contributed by atoms with Crippen molar-refractivity contribution in [2.75, 3.05) is 36.8 Å². The van der Waals surface area contributed by atoms with Gasteiger partial charge >= 0.3 is 0 Å². The molecule has 0 saturated heterocycles. The molecule has 0 aliphatic carbocycles. The fraction of sp³-hybridized carbons (Fsp3) is 0.257. The number of benzene rings is 3. The van der Waals surface area contributed by atoms with Gasteiger partial charge in [-0.05, 0) is 84.8 Å². The summed E-state index contributed by atoms with van der Waals surface area (Å²) in [4.78, 5) is 17.5. The molecule has 230 valence electrons. The number of rotatable bonds is 15. The standard InChI is InChI=1S/C35H40N4O5/c1-8-29(36-4)24(3)14-35(42-7)44-21-26-15-25(16-28(17-26)37-22-40)20-43-33-19-30(23(2)13-32(33)41-6)38-34-18-27-11-9-10-12-31(27)39(34)5/h8-17,19,22,34,38H,1,4,18,20-21H2,2-3,5-7H3,(H,37,40)/b29-24+,35-14-/t34-/m0/s1. The summed E-state index contributed by atoms with van der Waals surface area (Å²) in [5.74, 6) is 1.54. The number of anilines is 3. The molecule has 1 heterocycles. The van der Waals surface area contributed by atoms with Gasteiger partial charge in [0.15, 0.2) is 11.5 Å². The number of carbonyl (C=O) groups excluding carboxylic acids is 1. The first-order valence-corrected chi connectivity index (χ1v) is 14.2. The SMILES string of the molecule is C=C/C(N=C)=C(C)\C=C(\OC)OCc1cc(COc2cc(N[C@@H]3Cc4ccccc4N3C)c(C)cc2OC)cc(NC=O)c1. The van der Waals surface area contributed by atoms with Crippen LogP contribution in [0.15, 0.2) is 95.5 Å². The number of methoxy groups -OCH3 is 2. The molecule has 0 aromatic heterocycles. The molecule has 3 aromatic carbocycles. The maximum atomic E-state index is 11.3. The van der Waals surface area contributed by atoms with Crippen LogP contribution in [0.2, 0.25) is 0 Å². The summed E-state index contributed by atoms with van der Waals surface area (Å²) in [5.41, 5.74) is 8.24. The number of hydrogen-bond donors (Lipinski definition) is 2. The maximum Gasteiger partial charge on any atom is 0.279 e. The third-order valence-corrected chi connectivity index (χ3v) is 7.44. The number of carbonyl (C=O) groups is 1. The van der Waals surface area contributed by atoms with Gasteiger partial charge in [-0.1, -0.05) is 24.8 Å². The molecule has 2 N–H and O–H groups in total. The number of aryl methyl sites for hydroxylation is 1. The van der Waals surface area contributed by atoms with E-state index in [1.165, 1.54) is 18.4 Å². The fourth-order valence-corrected chi connectivity index (χ4v) is 5.11. The van der Waals surface area contributed by atoms with Gasteiger partial charge in [-0.3, -0.25) is 9.79 Å². The summed E-state index contributed by atoms with van der Waals surface area (Å²) in [6.45, 7) is 11.6. The van der Waals surface area contributed by atoms with E-state index in [1.54, 1.807) is 19.3 Å². The van der Waals surface area contributed by atoms with E-state index >= 15 is 0 Å². The van der Waals surface area contributed by atoms with Gasteiger partial charge in [-0.25, -0.2) is 0 Å². The lowest BCUT2D eigenvalue weighted by Gasteiger charge is -2.26. The average Bonchev–Trinajstić information content (AvgIpc) is 3.34. The van der Waals surface area contributed by atoms with E-state index in [9.17, 15) is 4.79 Å². The van der Waals surface area contributed by atoms with Gasteiger partial charge in [-0.15, -0.1) is 0 Å². The van der Waals surface area contributed by atoms with Crippen molar-refractivity contribution in [1.82, 2.24) is 0 Å². The first-order chi connectivity index (χ1) is 21.3. The van der Waals surface area contributed by atoms with Gasteiger partial charge in [0.1, 0.15) is 19.4 Å². The minimum atomic E-state index is 0.114. The predicted molar refractivity (Wildman–Crippen MR) is 176 cm³/mol. The molecular formula is C35H40N4O5.